The van der Waals surface area contributed by atoms with Gasteiger partial charge in [-0.3, -0.25) is 0 Å². The van der Waals surface area contributed by atoms with Crippen molar-refractivity contribution in [1.29, 1.82) is 0 Å². The van der Waals surface area contributed by atoms with Gasteiger partial charge in [0.1, 0.15) is 0 Å². The molecule has 0 aromatic rings. The summed E-state index contributed by atoms with van der Waals surface area (Å²) in [7, 11) is 1.85. The Kier molecular flexibility index (Phi) is 5.29. The van der Waals surface area contributed by atoms with Crippen molar-refractivity contribution >= 4 is 0 Å². The predicted molar refractivity (Wildman–Crippen MR) is 47.2 cm³/mol. The zero-order chi connectivity index (χ0) is 8.69. The molecule has 0 radical (unpaired) electrons. The maximum atomic E-state index is 9.93. The Morgan fingerprint density at radius 2 is 2.45 bits per heavy atom. The lowest BCUT2D eigenvalue weighted by atomic mass is 10.2. The van der Waals surface area contributed by atoms with Crippen molar-refractivity contribution in [3.05, 3.63) is 29.3 Å². The van der Waals surface area contributed by atoms with Gasteiger partial charge in [-0.25, -0.2) is 0 Å². The van der Waals surface area contributed by atoms with Crippen LogP contribution >= 0.6 is 0 Å². The Hall–Kier alpha value is -0.960. The van der Waals surface area contributed by atoms with Crippen LogP contribution in [0, 0.1) is 4.91 Å². The minimum Gasteiger partial charge on any atom is -0.313 e. The fourth-order valence-corrected chi connectivity index (χ4v) is 0.667. The lowest BCUT2D eigenvalue weighted by Gasteiger charge is -2.06. The molecule has 3 heteroatoms. The van der Waals surface area contributed by atoms with Crippen LogP contribution in [0.2, 0.25) is 0 Å². The van der Waals surface area contributed by atoms with E-state index in [1.54, 1.807) is 19.1 Å². The zero-order valence-electron chi connectivity index (χ0n) is 7.00. The highest BCUT2D eigenvalue weighted by Gasteiger charge is 1.96. The molecule has 0 aromatic heterocycles. The van der Waals surface area contributed by atoms with E-state index in [-0.39, 0.29) is 6.04 Å². The standard InChI is InChI=1S/C8H14N2O/c1-4-8(9-3)6-5-7(2)10-11/h4-5,8-9H,1,6H2,2-3H3/b7-5+. The van der Waals surface area contributed by atoms with Crippen molar-refractivity contribution in [2.45, 2.75) is 19.4 Å². The van der Waals surface area contributed by atoms with E-state index in [1.807, 2.05) is 7.05 Å². The average molecular weight is 154 g/mol. The zero-order valence-corrected chi connectivity index (χ0v) is 7.00. The maximum Gasteiger partial charge on any atom is 0.0779 e. The van der Waals surface area contributed by atoms with Crippen LogP contribution in [0.15, 0.2) is 29.6 Å². The third-order valence-electron chi connectivity index (χ3n) is 1.47. The van der Waals surface area contributed by atoms with Crippen molar-refractivity contribution in [1.82, 2.24) is 5.32 Å². The van der Waals surface area contributed by atoms with Gasteiger partial charge in [0.2, 0.25) is 0 Å². The van der Waals surface area contributed by atoms with Crippen molar-refractivity contribution in [3.63, 3.8) is 0 Å². The summed E-state index contributed by atoms with van der Waals surface area (Å²) in [6.07, 6.45) is 4.35. The SMILES string of the molecule is C=CC(C/C=C(\C)N=O)NC. The van der Waals surface area contributed by atoms with E-state index >= 15 is 0 Å². The molecule has 0 bridgehead atoms. The average Bonchev–Trinajstić information content (AvgIpc) is 2.06. The molecule has 1 atom stereocenters. The van der Waals surface area contributed by atoms with Crippen LogP contribution in [0.1, 0.15) is 13.3 Å². The summed E-state index contributed by atoms with van der Waals surface area (Å²) in [4.78, 5) is 9.93. The Morgan fingerprint density at radius 1 is 1.82 bits per heavy atom. The number of nitroso groups, excluding NO2 is 1. The summed E-state index contributed by atoms with van der Waals surface area (Å²) < 4.78 is 0. The number of hydrogen-bond acceptors (Lipinski definition) is 3. The van der Waals surface area contributed by atoms with Crippen LogP contribution in [-0.2, 0) is 0 Å². The van der Waals surface area contributed by atoms with E-state index in [0.717, 1.165) is 6.42 Å². The van der Waals surface area contributed by atoms with E-state index in [0.29, 0.717) is 5.70 Å². The van der Waals surface area contributed by atoms with E-state index in [2.05, 4.69) is 17.1 Å². The van der Waals surface area contributed by atoms with Gasteiger partial charge in [0.25, 0.3) is 0 Å². The molecule has 0 amide bonds. The molecule has 0 rings (SSSR count). The second-order valence-corrected chi connectivity index (χ2v) is 2.30. The van der Waals surface area contributed by atoms with Crippen LogP contribution < -0.4 is 5.32 Å². The molecular formula is C8H14N2O. The van der Waals surface area contributed by atoms with Crippen molar-refractivity contribution in [2.24, 2.45) is 5.18 Å². The summed E-state index contributed by atoms with van der Waals surface area (Å²) in [5.41, 5.74) is 0.520. The summed E-state index contributed by atoms with van der Waals surface area (Å²) >= 11 is 0. The molecule has 11 heavy (non-hydrogen) atoms. The first-order valence-corrected chi connectivity index (χ1v) is 3.54. The molecule has 1 N–H and O–H groups in total. The topological polar surface area (TPSA) is 41.5 Å². The van der Waals surface area contributed by atoms with Crippen LogP contribution in [-0.4, -0.2) is 13.1 Å². The number of nitrogens with zero attached hydrogens (tertiary/aromatic N) is 1. The minimum absolute atomic E-state index is 0.228. The molecule has 0 aliphatic heterocycles. The van der Waals surface area contributed by atoms with Gasteiger partial charge in [0.05, 0.1) is 5.70 Å². The molecule has 0 spiro atoms. The van der Waals surface area contributed by atoms with Gasteiger partial charge < -0.3 is 5.32 Å². The fraction of sp³-hybridized carbons (Fsp3) is 0.500. The van der Waals surface area contributed by atoms with Crippen LogP contribution in [0.4, 0.5) is 0 Å². The molecule has 0 saturated heterocycles. The van der Waals surface area contributed by atoms with Crippen LogP contribution in [0.25, 0.3) is 0 Å². The van der Waals surface area contributed by atoms with Gasteiger partial charge in [-0.1, -0.05) is 12.2 Å². The van der Waals surface area contributed by atoms with Crippen molar-refractivity contribution < 1.29 is 0 Å². The number of allylic oxidation sites excluding steroid dienone is 1. The molecule has 0 aliphatic rings. The normalized spacial score (nSPS) is 14.2. The molecule has 0 heterocycles. The summed E-state index contributed by atoms with van der Waals surface area (Å²) in [5, 5.41) is 5.80. The van der Waals surface area contributed by atoms with Gasteiger partial charge in [-0.05, 0) is 25.6 Å². The van der Waals surface area contributed by atoms with Gasteiger partial charge in [-0.2, -0.15) is 0 Å². The Morgan fingerprint density at radius 3 is 2.82 bits per heavy atom. The third kappa shape index (κ3) is 4.44. The number of nitrogens with one attached hydrogen (secondary N) is 1. The van der Waals surface area contributed by atoms with E-state index in [4.69, 9.17) is 0 Å². The third-order valence-corrected chi connectivity index (χ3v) is 1.47. The van der Waals surface area contributed by atoms with Gasteiger partial charge in [0, 0.05) is 6.04 Å². The van der Waals surface area contributed by atoms with Gasteiger partial charge >= 0.3 is 0 Å². The number of hydrogen-bond donors (Lipinski definition) is 1. The van der Waals surface area contributed by atoms with Gasteiger partial charge in [0.15, 0.2) is 0 Å². The first-order chi connectivity index (χ1) is 5.24. The maximum absolute atomic E-state index is 9.93. The lowest BCUT2D eigenvalue weighted by Crippen LogP contribution is -2.21. The monoisotopic (exact) mass is 154 g/mol. The highest BCUT2D eigenvalue weighted by Crippen LogP contribution is 1.99. The quantitative estimate of drug-likeness (QED) is 0.484. The summed E-state index contributed by atoms with van der Waals surface area (Å²) in [6, 6.07) is 0.228. The first-order valence-electron chi connectivity index (χ1n) is 3.54. The lowest BCUT2D eigenvalue weighted by molar-refractivity contribution is 0.676. The molecular weight excluding hydrogens is 140 g/mol. The molecule has 0 aromatic carbocycles. The molecule has 0 fully saturated rings. The van der Waals surface area contributed by atoms with Crippen molar-refractivity contribution in [2.75, 3.05) is 7.05 Å². The van der Waals surface area contributed by atoms with E-state index < -0.39 is 0 Å². The van der Waals surface area contributed by atoms with Crippen LogP contribution in [0.3, 0.4) is 0 Å². The van der Waals surface area contributed by atoms with Gasteiger partial charge in [-0.15, -0.1) is 11.5 Å². The Balaban J connectivity index is 3.83. The van der Waals surface area contributed by atoms with Crippen molar-refractivity contribution in [3.8, 4) is 0 Å². The van der Waals surface area contributed by atoms with E-state index in [1.165, 1.54) is 0 Å². The largest absolute Gasteiger partial charge is 0.313 e. The highest BCUT2D eigenvalue weighted by molar-refractivity contribution is 5.00. The molecule has 0 aliphatic carbocycles. The highest BCUT2D eigenvalue weighted by atomic mass is 16.3. The molecule has 62 valence electrons. The molecule has 1 unspecified atom stereocenters. The molecule has 3 nitrogen and oxygen atoms in total. The van der Waals surface area contributed by atoms with E-state index in [9.17, 15) is 4.91 Å². The summed E-state index contributed by atoms with van der Waals surface area (Å²) in [5.74, 6) is 0. The minimum atomic E-state index is 0.228. The second-order valence-electron chi connectivity index (χ2n) is 2.30. The molecule has 0 saturated carbocycles. The number of rotatable bonds is 5. The van der Waals surface area contributed by atoms with Crippen LogP contribution in [0.5, 0.6) is 0 Å². The predicted octanol–water partition coefficient (Wildman–Crippen LogP) is 1.82. The summed E-state index contributed by atoms with van der Waals surface area (Å²) in [6.45, 7) is 5.32. The second kappa shape index (κ2) is 5.80. The fourth-order valence-electron chi connectivity index (χ4n) is 0.667. The smallest absolute Gasteiger partial charge is 0.0779 e. The Bertz CT molecular complexity index is 163. The Labute approximate surface area is 67.2 Å². The number of likely N-dealkylation sites (N-methyl/N-ethyl adjacent to an activating group) is 1. The first kappa shape index (κ1) is 10.0.